The summed E-state index contributed by atoms with van der Waals surface area (Å²) >= 11 is 0. The molecule has 88 valence electrons. The Bertz CT molecular complexity index is 530. The van der Waals surface area contributed by atoms with Crippen molar-refractivity contribution in [3.8, 4) is 0 Å². The molecule has 0 bridgehead atoms. The maximum absolute atomic E-state index is 6.29. The van der Waals surface area contributed by atoms with E-state index in [2.05, 4.69) is 29.4 Å². The van der Waals surface area contributed by atoms with Crippen LogP contribution in [0.5, 0.6) is 0 Å². The molecule has 1 aliphatic rings. The van der Waals surface area contributed by atoms with Crippen molar-refractivity contribution in [3.05, 3.63) is 53.3 Å². The number of aryl methyl sites for hydroxylation is 1. The average Bonchev–Trinajstić information content (AvgIpc) is 2.66. The molecule has 1 aromatic carbocycles. The van der Waals surface area contributed by atoms with Crippen molar-refractivity contribution in [2.45, 2.75) is 24.8 Å². The average molecular weight is 227 g/mol. The Balaban J connectivity index is 1.71. The zero-order chi connectivity index (χ0) is 11.8. The molecular weight excluding hydrogens is 210 g/mol. The molecule has 2 atom stereocenters. The van der Waals surface area contributed by atoms with Gasteiger partial charge in [0.1, 0.15) is 0 Å². The van der Waals surface area contributed by atoms with Crippen molar-refractivity contribution in [2.75, 3.05) is 0 Å². The Morgan fingerprint density at radius 3 is 2.94 bits per heavy atom. The molecule has 1 aliphatic carbocycles. The fourth-order valence-electron chi connectivity index (χ4n) is 2.64. The molecular formula is C14H17N3. The van der Waals surface area contributed by atoms with Crippen LogP contribution in [0.2, 0.25) is 0 Å². The SMILES string of the molecule is Cn1ccc(CC(N)C2Cc3ccccc32)n1. The van der Waals surface area contributed by atoms with Crippen LogP contribution in [0.3, 0.4) is 0 Å². The van der Waals surface area contributed by atoms with Gasteiger partial charge >= 0.3 is 0 Å². The predicted molar refractivity (Wildman–Crippen MR) is 67.8 cm³/mol. The topological polar surface area (TPSA) is 43.8 Å². The Labute approximate surface area is 101 Å². The van der Waals surface area contributed by atoms with Crippen molar-refractivity contribution >= 4 is 0 Å². The molecule has 0 radical (unpaired) electrons. The summed E-state index contributed by atoms with van der Waals surface area (Å²) in [6, 6.07) is 10.8. The number of rotatable bonds is 3. The van der Waals surface area contributed by atoms with Crippen molar-refractivity contribution in [1.82, 2.24) is 9.78 Å². The highest BCUT2D eigenvalue weighted by Gasteiger charge is 2.30. The maximum atomic E-state index is 6.29. The number of aromatic nitrogens is 2. The molecule has 0 saturated heterocycles. The number of hydrogen-bond donors (Lipinski definition) is 1. The van der Waals surface area contributed by atoms with E-state index in [0.29, 0.717) is 5.92 Å². The molecule has 17 heavy (non-hydrogen) atoms. The Morgan fingerprint density at radius 2 is 2.24 bits per heavy atom. The van der Waals surface area contributed by atoms with Gasteiger partial charge in [0.2, 0.25) is 0 Å². The van der Waals surface area contributed by atoms with Crippen LogP contribution in [-0.2, 0) is 19.9 Å². The summed E-state index contributed by atoms with van der Waals surface area (Å²) in [6.45, 7) is 0. The van der Waals surface area contributed by atoms with Crippen molar-refractivity contribution in [3.63, 3.8) is 0 Å². The molecule has 2 aromatic rings. The van der Waals surface area contributed by atoms with E-state index >= 15 is 0 Å². The lowest BCUT2D eigenvalue weighted by Gasteiger charge is -2.34. The first kappa shape index (κ1) is 10.5. The number of nitrogens with two attached hydrogens (primary N) is 1. The van der Waals surface area contributed by atoms with Gasteiger partial charge in [0.25, 0.3) is 0 Å². The van der Waals surface area contributed by atoms with Gasteiger partial charge in [0.05, 0.1) is 5.69 Å². The van der Waals surface area contributed by atoms with E-state index in [4.69, 9.17) is 5.73 Å². The van der Waals surface area contributed by atoms with Gasteiger partial charge in [0.15, 0.2) is 0 Å². The van der Waals surface area contributed by atoms with Gasteiger partial charge in [-0.25, -0.2) is 0 Å². The van der Waals surface area contributed by atoms with E-state index in [1.807, 2.05) is 24.0 Å². The minimum absolute atomic E-state index is 0.180. The molecule has 3 nitrogen and oxygen atoms in total. The largest absolute Gasteiger partial charge is 0.327 e. The van der Waals surface area contributed by atoms with E-state index in [0.717, 1.165) is 18.5 Å². The van der Waals surface area contributed by atoms with Crippen molar-refractivity contribution < 1.29 is 0 Å². The third kappa shape index (κ3) is 1.87. The Kier molecular flexibility index (Phi) is 2.48. The second-order valence-electron chi connectivity index (χ2n) is 4.86. The quantitative estimate of drug-likeness (QED) is 0.866. The van der Waals surface area contributed by atoms with Gasteiger partial charge in [-0.15, -0.1) is 0 Å². The lowest BCUT2D eigenvalue weighted by molar-refractivity contribution is 0.475. The van der Waals surface area contributed by atoms with E-state index in [1.54, 1.807) is 0 Å². The van der Waals surface area contributed by atoms with E-state index < -0.39 is 0 Å². The normalized spacial score (nSPS) is 19.5. The fourth-order valence-corrected chi connectivity index (χ4v) is 2.64. The number of hydrogen-bond acceptors (Lipinski definition) is 2. The Hall–Kier alpha value is -1.61. The molecule has 1 aromatic heterocycles. The summed E-state index contributed by atoms with van der Waals surface area (Å²) in [6.07, 6.45) is 3.95. The minimum atomic E-state index is 0.180. The molecule has 0 fully saturated rings. The van der Waals surface area contributed by atoms with Gasteiger partial charge in [-0.1, -0.05) is 24.3 Å². The van der Waals surface area contributed by atoms with Gasteiger partial charge in [-0.2, -0.15) is 5.10 Å². The third-order valence-electron chi connectivity index (χ3n) is 3.62. The second-order valence-corrected chi connectivity index (χ2v) is 4.86. The van der Waals surface area contributed by atoms with Gasteiger partial charge in [-0.05, 0) is 23.6 Å². The highest BCUT2D eigenvalue weighted by Crippen LogP contribution is 2.37. The molecule has 0 saturated carbocycles. The molecule has 0 aliphatic heterocycles. The predicted octanol–water partition coefficient (Wildman–Crippen LogP) is 1.63. The lowest BCUT2D eigenvalue weighted by atomic mass is 9.73. The third-order valence-corrected chi connectivity index (χ3v) is 3.62. The maximum Gasteiger partial charge on any atom is 0.0640 e. The van der Waals surface area contributed by atoms with E-state index in [9.17, 15) is 0 Å². The molecule has 3 heteroatoms. The van der Waals surface area contributed by atoms with Crippen LogP contribution < -0.4 is 5.73 Å². The first-order valence-electron chi connectivity index (χ1n) is 6.06. The van der Waals surface area contributed by atoms with Crippen molar-refractivity contribution in [2.24, 2.45) is 12.8 Å². The summed E-state index contributed by atoms with van der Waals surface area (Å²) < 4.78 is 1.83. The monoisotopic (exact) mass is 227 g/mol. The summed E-state index contributed by atoms with van der Waals surface area (Å²) in [5.41, 5.74) is 10.3. The number of benzene rings is 1. The van der Waals surface area contributed by atoms with Crippen LogP contribution in [0.4, 0.5) is 0 Å². The number of fused-ring (bicyclic) bond motifs is 1. The number of nitrogens with zero attached hydrogens (tertiary/aromatic N) is 2. The summed E-state index contributed by atoms with van der Waals surface area (Å²) in [4.78, 5) is 0. The van der Waals surface area contributed by atoms with Crippen LogP contribution in [-0.4, -0.2) is 15.8 Å². The smallest absolute Gasteiger partial charge is 0.0640 e. The second kappa shape index (κ2) is 4.00. The molecule has 1 heterocycles. The van der Waals surface area contributed by atoms with E-state index in [-0.39, 0.29) is 6.04 Å². The zero-order valence-electron chi connectivity index (χ0n) is 10.0. The van der Waals surface area contributed by atoms with Crippen LogP contribution in [0.15, 0.2) is 36.5 Å². The zero-order valence-corrected chi connectivity index (χ0v) is 10.0. The molecule has 2 N–H and O–H groups in total. The highest BCUT2D eigenvalue weighted by molar-refractivity contribution is 5.41. The summed E-state index contributed by atoms with van der Waals surface area (Å²) in [5, 5.41) is 4.38. The standard InChI is InChI=1S/C14H17N3/c1-17-7-6-11(16-17)9-14(15)13-8-10-4-2-3-5-12(10)13/h2-7,13-14H,8-9,15H2,1H3. The highest BCUT2D eigenvalue weighted by atomic mass is 15.2. The Morgan fingerprint density at radius 1 is 1.41 bits per heavy atom. The molecule has 0 spiro atoms. The van der Waals surface area contributed by atoms with Gasteiger partial charge < -0.3 is 5.73 Å². The summed E-state index contributed by atoms with van der Waals surface area (Å²) in [5.74, 6) is 0.508. The van der Waals surface area contributed by atoms with Crippen LogP contribution in [0.1, 0.15) is 22.7 Å². The summed E-state index contributed by atoms with van der Waals surface area (Å²) in [7, 11) is 1.94. The van der Waals surface area contributed by atoms with Gasteiger partial charge in [0, 0.05) is 31.6 Å². The molecule has 3 rings (SSSR count). The van der Waals surface area contributed by atoms with Crippen LogP contribution >= 0.6 is 0 Å². The van der Waals surface area contributed by atoms with Crippen LogP contribution in [0.25, 0.3) is 0 Å². The van der Waals surface area contributed by atoms with Gasteiger partial charge in [-0.3, -0.25) is 4.68 Å². The molecule has 2 unspecified atom stereocenters. The van der Waals surface area contributed by atoms with Crippen LogP contribution in [0, 0.1) is 0 Å². The fraction of sp³-hybridized carbons (Fsp3) is 0.357. The molecule has 0 amide bonds. The minimum Gasteiger partial charge on any atom is -0.327 e. The first-order valence-corrected chi connectivity index (χ1v) is 6.06. The van der Waals surface area contributed by atoms with E-state index in [1.165, 1.54) is 11.1 Å². The van der Waals surface area contributed by atoms with Crippen molar-refractivity contribution in [1.29, 1.82) is 0 Å². The lowest BCUT2D eigenvalue weighted by Crippen LogP contribution is -2.37. The first-order chi connectivity index (χ1) is 8.24.